The lowest BCUT2D eigenvalue weighted by Crippen LogP contribution is -2.44. The number of fused-ring (bicyclic) bond motifs is 2. The largest absolute Gasteiger partial charge is 0.491 e. The van der Waals surface area contributed by atoms with Crippen LogP contribution in [0.1, 0.15) is 25.8 Å². The number of hydrogen-bond acceptors (Lipinski definition) is 5. The molecule has 0 bridgehead atoms. The number of carbonyl (C=O) groups is 3. The van der Waals surface area contributed by atoms with Crippen LogP contribution in [0.4, 0.5) is 11.4 Å². The maximum atomic E-state index is 13.0. The van der Waals surface area contributed by atoms with E-state index in [0.717, 1.165) is 17.7 Å². The fraction of sp³-hybridized carbons (Fsp3) is 0.348. The smallest absolute Gasteiger partial charge is 0.326 e. The Morgan fingerprint density at radius 1 is 1.13 bits per heavy atom. The lowest BCUT2D eigenvalue weighted by atomic mass is 10.1. The number of carbonyl (C=O) groups excluding carboxylic acids is 3. The van der Waals surface area contributed by atoms with Gasteiger partial charge in [-0.3, -0.25) is 19.3 Å². The van der Waals surface area contributed by atoms with Gasteiger partial charge >= 0.3 is 5.97 Å². The van der Waals surface area contributed by atoms with Gasteiger partial charge < -0.3 is 14.4 Å². The zero-order valence-corrected chi connectivity index (χ0v) is 17.0. The summed E-state index contributed by atoms with van der Waals surface area (Å²) < 4.78 is 11.0. The lowest BCUT2D eigenvalue weighted by Gasteiger charge is -2.27. The highest BCUT2D eigenvalue weighted by Gasteiger charge is 2.35. The fourth-order valence-electron chi connectivity index (χ4n) is 4.00. The standard InChI is InChI=1S/C23H24N2O5/c1-15-13-17-7-3-4-8-18(17)25(15)23(28)16(2)30-22(27)14-24-19-9-5-6-10-20(19)29-12-11-21(24)26/h3-10,15-16H,11-14H2,1-2H3/t15-,16-/m0/s1. The average Bonchev–Trinajstić information content (AvgIpc) is 2.98. The van der Waals surface area contributed by atoms with Gasteiger partial charge in [-0.15, -0.1) is 0 Å². The van der Waals surface area contributed by atoms with Crippen LogP contribution in [0.15, 0.2) is 48.5 Å². The van der Waals surface area contributed by atoms with Gasteiger partial charge in [0.15, 0.2) is 6.10 Å². The topological polar surface area (TPSA) is 76.1 Å². The Balaban J connectivity index is 1.45. The first kappa shape index (κ1) is 19.9. The Kier molecular flexibility index (Phi) is 5.44. The predicted octanol–water partition coefficient (Wildman–Crippen LogP) is 2.71. The molecule has 0 unspecified atom stereocenters. The first-order chi connectivity index (χ1) is 14.5. The molecule has 0 saturated heterocycles. The molecule has 0 N–H and O–H groups in total. The molecule has 2 aromatic carbocycles. The monoisotopic (exact) mass is 408 g/mol. The molecule has 2 aliphatic heterocycles. The third-order valence-electron chi connectivity index (χ3n) is 5.42. The Morgan fingerprint density at radius 3 is 2.63 bits per heavy atom. The highest BCUT2D eigenvalue weighted by molar-refractivity contribution is 6.02. The van der Waals surface area contributed by atoms with E-state index in [4.69, 9.17) is 9.47 Å². The maximum absolute atomic E-state index is 13.0. The van der Waals surface area contributed by atoms with Gasteiger partial charge in [0.05, 0.1) is 18.7 Å². The molecule has 2 heterocycles. The molecule has 0 radical (unpaired) electrons. The molecule has 30 heavy (non-hydrogen) atoms. The summed E-state index contributed by atoms with van der Waals surface area (Å²) in [6.07, 6.45) is -0.0279. The van der Waals surface area contributed by atoms with Crippen LogP contribution in [0.3, 0.4) is 0 Å². The Hall–Kier alpha value is -3.35. The van der Waals surface area contributed by atoms with E-state index in [1.807, 2.05) is 31.2 Å². The van der Waals surface area contributed by atoms with E-state index >= 15 is 0 Å². The molecular weight excluding hydrogens is 384 g/mol. The third-order valence-corrected chi connectivity index (χ3v) is 5.42. The number of benzene rings is 2. The van der Waals surface area contributed by atoms with Gasteiger partial charge in [-0.05, 0) is 44.0 Å². The molecule has 2 atom stereocenters. The lowest BCUT2D eigenvalue weighted by molar-refractivity contribution is -0.153. The molecule has 2 amide bonds. The molecule has 7 nitrogen and oxygen atoms in total. The summed E-state index contributed by atoms with van der Waals surface area (Å²) in [6.45, 7) is 3.51. The predicted molar refractivity (Wildman–Crippen MR) is 112 cm³/mol. The molecule has 0 saturated carbocycles. The van der Waals surface area contributed by atoms with Crippen molar-refractivity contribution >= 4 is 29.2 Å². The summed E-state index contributed by atoms with van der Waals surface area (Å²) >= 11 is 0. The summed E-state index contributed by atoms with van der Waals surface area (Å²) in [5, 5.41) is 0. The van der Waals surface area contributed by atoms with Gasteiger partial charge in [0.2, 0.25) is 5.91 Å². The van der Waals surface area contributed by atoms with Gasteiger partial charge in [-0.1, -0.05) is 30.3 Å². The highest BCUT2D eigenvalue weighted by atomic mass is 16.5. The molecular formula is C23H24N2O5. The number of hydrogen-bond donors (Lipinski definition) is 0. The number of para-hydroxylation sites is 3. The quantitative estimate of drug-likeness (QED) is 0.727. The first-order valence-electron chi connectivity index (χ1n) is 10.1. The number of anilines is 2. The van der Waals surface area contributed by atoms with Crippen LogP contribution in [-0.2, 0) is 25.5 Å². The van der Waals surface area contributed by atoms with Crippen LogP contribution in [0.2, 0.25) is 0 Å². The minimum atomic E-state index is -0.959. The van der Waals surface area contributed by atoms with E-state index in [9.17, 15) is 14.4 Å². The average molecular weight is 408 g/mol. The van der Waals surface area contributed by atoms with Crippen LogP contribution >= 0.6 is 0 Å². The minimum absolute atomic E-state index is 0.00716. The molecule has 0 spiro atoms. The Labute approximate surface area is 175 Å². The number of esters is 1. The zero-order valence-electron chi connectivity index (χ0n) is 17.0. The van der Waals surface area contributed by atoms with Crippen LogP contribution in [-0.4, -0.2) is 43.1 Å². The van der Waals surface area contributed by atoms with E-state index in [2.05, 4.69) is 0 Å². The molecule has 0 aliphatic carbocycles. The van der Waals surface area contributed by atoms with Crippen molar-refractivity contribution in [2.45, 2.75) is 38.8 Å². The summed E-state index contributed by atoms with van der Waals surface area (Å²) in [5.41, 5.74) is 2.48. The molecule has 4 rings (SSSR count). The maximum Gasteiger partial charge on any atom is 0.326 e. The van der Waals surface area contributed by atoms with E-state index in [-0.39, 0.29) is 37.4 Å². The first-order valence-corrected chi connectivity index (χ1v) is 10.1. The third kappa shape index (κ3) is 3.75. The summed E-state index contributed by atoms with van der Waals surface area (Å²) in [6, 6.07) is 14.8. The van der Waals surface area contributed by atoms with Crippen molar-refractivity contribution in [1.29, 1.82) is 0 Å². The SMILES string of the molecule is C[C@H](OC(=O)CN1C(=O)CCOc2ccccc21)C(=O)N1c2ccccc2C[C@@H]1C. The van der Waals surface area contributed by atoms with Crippen molar-refractivity contribution in [1.82, 2.24) is 0 Å². The summed E-state index contributed by atoms with van der Waals surface area (Å²) in [4.78, 5) is 41.1. The second-order valence-corrected chi connectivity index (χ2v) is 7.57. The zero-order chi connectivity index (χ0) is 21.3. The van der Waals surface area contributed by atoms with Crippen molar-refractivity contribution in [2.24, 2.45) is 0 Å². The Bertz CT molecular complexity index is 989. The van der Waals surface area contributed by atoms with Crippen molar-refractivity contribution in [2.75, 3.05) is 23.0 Å². The second kappa shape index (κ2) is 8.18. The number of rotatable bonds is 4. The summed E-state index contributed by atoms with van der Waals surface area (Å²) in [5.74, 6) is -0.589. The molecule has 7 heteroatoms. The number of amides is 2. The summed E-state index contributed by atoms with van der Waals surface area (Å²) in [7, 11) is 0. The second-order valence-electron chi connectivity index (χ2n) is 7.57. The normalized spacial score (nSPS) is 18.7. The van der Waals surface area contributed by atoms with Crippen LogP contribution in [0.5, 0.6) is 5.75 Å². The van der Waals surface area contributed by atoms with Crippen LogP contribution in [0, 0.1) is 0 Å². The van der Waals surface area contributed by atoms with Crippen molar-refractivity contribution in [3.05, 3.63) is 54.1 Å². The highest BCUT2D eigenvalue weighted by Crippen LogP contribution is 2.33. The van der Waals surface area contributed by atoms with Crippen molar-refractivity contribution in [3.63, 3.8) is 0 Å². The van der Waals surface area contributed by atoms with Crippen molar-refractivity contribution in [3.8, 4) is 5.75 Å². The van der Waals surface area contributed by atoms with E-state index in [0.29, 0.717) is 11.4 Å². The Morgan fingerprint density at radius 2 is 1.83 bits per heavy atom. The molecule has 0 fully saturated rings. The van der Waals surface area contributed by atoms with Crippen LogP contribution in [0.25, 0.3) is 0 Å². The molecule has 156 valence electrons. The van der Waals surface area contributed by atoms with Gasteiger partial charge in [0.25, 0.3) is 5.91 Å². The van der Waals surface area contributed by atoms with Crippen molar-refractivity contribution < 1.29 is 23.9 Å². The molecule has 2 aromatic rings. The molecule has 0 aromatic heterocycles. The van der Waals surface area contributed by atoms with Gasteiger partial charge in [-0.25, -0.2) is 0 Å². The minimum Gasteiger partial charge on any atom is -0.491 e. The van der Waals surface area contributed by atoms with Gasteiger partial charge in [-0.2, -0.15) is 0 Å². The van der Waals surface area contributed by atoms with Gasteiger partial charge in [0.1, 0.15) is 12.3 Å². The van der Waals surface area contributed by atoms with E-state index in [1.165, 1.54) is 4.90 Å². The van der Waals surface area contributed by atoms with Gasteiger partial charge in [0, 0.05) is 11.7 Å². The van der Waals surface area contributed by atoms with E-state index < -0.39 is 12.1 Å². The van der Waals surface area contributed by atoms with E-state index in [1.54, 1.807) is 36.1 Å². The number of ether oxygens (including phenoxy) is 2. The molecule has 2 aliphatic rings. The van der Waals surface area contributed by atoms with Crippen LogP contribution < -0.4 is 14.5 Å². The fourth-order valence-corrected chi connectivity index (χ4v) is 4.00. The number of nitrogens with zero attached hydrogens (tertiary/aromatic N) is 2.